The number of piperidine rings is 1. The second-order valence-corrected chi connectivity index (χ2v) is 6.29. The van der Waals surface area contributed by atoms with Crippen molar-refractivity contribution >= 4 is 5.91 Å². The summed E-state index contributed by atoms with van der Waals surface area (Å²) in [6.45, 7) is 2.45. The predicted molar refractivity (Wildman–Crippen MR) is 80.1 cm³/mol. The van der Waals surface area contributed by atoms with Crippen LogP contribution in [-0.2, 0) is 9.53 Å². The molecule has 1 amide bonds. The fraction of sp³-hybridized carbons (Fsp3) is 0.588. The third-order valence-corrected chi connectivity index (χ3v) is 4.64. The minimum Gasteiger partial charge on any atom is -0.508 e. The number of phenols is 1. The van der Waals surface area contributed by atoms with Gasteiger partial charge in [0.05, 0.1) is 6.61 Å². The number of hydrogen-bond acceptors (Lipinski definition) is 3. The maximum Gasteiger partial charge on any atom is 0.226 e. The molecule has 1 aromatic rings. The highest BCUT2D eigenvalue weighted by atomic mass is 16.5. The molecule has 1 aliphatic heterocycles. The predicted octanol–water partition coefficient (Wildman–Crippen LogP) is 2.38. The van der Waals surface area contributed by atoms with Crippen molar-refractivity contribution in [3.8, 4) is 5.75 Å². The zero-order chi connectivity index (χ0) is 14.8. The smallest absolute Gasteiger partial charge is 0.226 e. The fourth-order valence-corrected chi connectivity index (χ4v) is 3.46. The first-order chi connectivity index (χ1) is 10.2. The molecule has 1 saturated heterocycles. The highest BCUT2D eigenvalue weighted by Gasteiger charge is 2.46. The summed E-state index contributed by atoms with van der Waals surface area (Å²) in [7, 11) is 1.72. The third kappa shape index (κ3) is 3.21. The van der Waals surface area contributed by atoms with Crippen LogP contribution < -0.4 is 0 Å². The second-order valence-electron chi connectivity index (χ2n) is 6.29. The molecule has 1 saturated carbocycles. The number of ether oxygens (including phenoxy) is 1. The molecule has 0 aromatic heterocycles. The van der Waals surface area contributed by atoms with Crippen molar-refractivity contribution in [2.24, 2.45) is 11.8 Å². The van der Waals surface area contributed by atoms with E-state index in [2.05, 4.69) is 0 Å². The number of phenolic OH excluding ortho intramolecular Hbond substituents is 1. The fourth-order valence-electron chi connectivity index (χ4n) is 3.46. The van der Waals surface area contributed by atoms with Crippen LogP contribution in [0.2, 0.25) is 0 Å². The number of hydrogen-bond donors (Lipinski definition) is 1. The zero-order valence-corrected chi connectivity index (χ0v) is 12.5. The van der Waals surface area contributed by atoms with E-state index >= 15 is 0 Å². The van der Waals surface area contributed by atoms with Gasteiger partial charge in [-0.2, -0.15) is 0 Å². The van der Waals surface area contributed by atoms with Crippen molar-refractivity contribution in [2.45, 2.75) is 25.2 Å². The summed E-state index contributed by atoms with van der Waals surface area (Å²) in [6, 6.07) is 7.30. The van der Waals surface area contributed by atoms with E-state index in [0.717, 1.165) is 44.5 Å². The lowest BCUT2D eigenvalue weighted by molar-refractivity contribution is -0.134. The Morgan fingerprint density at radius 3 is 3.10 bits per heavy atom. The first-order valence-electron chi connectivity index (χ1n) is 7.75. The average Bonchev–Trinajstić information content (AvgIpc) is 3.28. The average molecular weight is 289 g/mol. The first kappa shape index (κ1) is 14.4. The number of aromatic hydroxyl groups is 1. The van der Waals surface area contributed by atoms with Gasteiger partial charge in [0.2, 0.25) is 5.91 Å². The molecule has 1 heterocycles. The molecule has 4 heteroatoms. The highest BCUT2D eigenvalue weighted by Crippen LogP contribution is 2.49. The molecule has 2 aliphatic rings. The number of benzene rings is 1. The number of methoxy groups -OCH3 is 1. The Labute approximate surface area is 125 Å². The Hall–Kier alpha value is -1.55. The van der Waals surface area contributed by atoms with Crippen LogP contribution in [0.25, 0.3) is 0 Å². The van der Waals surface area contributed by atoms with E-state index < -0.39 is 0 Å². The van der Waals surface area contributed by atoms with Gasteiger partial charge >= 0.3 is 0 Å². The topological polar surface area (TPSA) is 49.8 Å². The van der Waals surface area contributed by atoms with Crippen LogP contribution in [-0.4, -0.2) is 42.7 Å². The van der Waals surface area contributed by atoms with Gasteiger partial charge in [-0.05, 0) is 48.8 Å². The van der Waals surface area contributed by atoms with Crippen LogP contribution in [0, 0.1) is 11.8 Å². The minimum atomic E-state index is 0.105. The molecule has 0 bridgehead atoms. The lowest BCUT2D eigenvalue weighted by atomic mass is 9.98. The maximum atomic E-state index is 12.6. The van der Waals surface area contributed by atoms with Gasteiger partial charge in [-0.25, -0.2) is 0 Å². The van der Waals surface area contributed by atoms with Crippen molar-refractivity contribution in [3.05, 3.63) is 29.8 Å². The van der Waals surface area contributed by atoms with Crippen molar-refractivity contribution in [2.75, 3.05) is 26.8 Å². The summed E-state index contributed by atoms with van der Waals surface area (Å²) in [6.07, 6.45) is 3.13. The van der Waals surface area contributed by atoms with Gasteiger partial charge in [-0.1, -0.05) is 12.1 Å². The van der Waals surface area contributed by atoms with Gasteiger partial charge in [0.25, 0.3) is 0 Å². The van der Waals surface area contributed by atoms with Crippen molar-refractivity contribution in [1.82, 2.24) is 4.90 Å². The van der Waals surface area contributed by atoms with E-state index in [1.807, 2.05) is 17.0 Å². The quantitative estimate of drug-likeness (QED) is 0.926. The maximum absolute atomic E-state index is 12.6. The molecular weight excluding hydrogens is 266 g/mol. The van der Waals surface area contributed by atoms with Crippen LogP contribution in [0.1, 0.15) is 30.7 Å². The van der Waals surface area contributed by atoms with Gasteiger partial charge in [-0.15, -0.1) is 0 Å². The Balaban J connectivity index is 1.59. The molecule has 2 fully saturated rings. The Morgan fingerprint density at radius 2 is 2.33 bits per heavy atom. The standard InChI is InChI=1S/C17H23NO3/c1-21-11-12-4-3-7-18(10-12)17(20)16-9-15(16)13-5-2-6-14(19)8-13/h2,5-6,8,12,15-16,19H,3-4,7,9-11H2,1H3. The van der Waals surface area contributed by atoms with Crippen LogP contribution in [0.15, 0.2) is 24.3 Å². The lowest BCUT2D eigenvalue weighted by Gasteiger charge is -2.32. The summed E-state index contributed by atoms with van der Waals surface area (Å²) >= 11 is 0. The lowest BCUT2D eigenvalue weighted by Crippen LogP contribution is -2.42. The van der Waals surface area contributed by atoms with Crippen molar-refractivity contribution in [3.63, 3.8) is 0 Å². The number of carbonyl (C=O) groups is 1. The number of nitrogens with zero attached hydrogens (tertiary/aromatic N) is 1. The molecule has 3 rings (SSSR count). The van der Waals surface area contributed by atoms with Crippen molar-refractivity contribution in [1.29, 1.82) is 0 Å². The summed E-state index contributed by atoms with van der Waals surface area (Å²) < 4.78 is 5.22. The van der Waals surface area contributed by atoms with Gasteiger partial charge in [0.1, 0.15) is 5.75 Å². The summed E-state index contributed by atoms with van der Waals surface area (Å²) in [5.74, 6) is 1.43. The largest absolute Gasteiger partial charge is 0.508 e. The van der Waals surface area contributed by atoms with E-state index in [1.165, 1.54) is 0 Å². The van der Waals surface area contributed by atoms with E-state index in [9.17, 15) is 9.90 Å². The number of rotatable bonds is 4. The molecule has 1 aliphatic carbocycles. The summed E-state index contributed by atoms with van der Waals surface area (Å²) in [4.78, 5) is 14.6. The van der Waals surface area contributed by atoms with Gasteiger partial charge in [0, 0.05) is 26.1 Å². The summed E-state index contributed by atoms with van der Waals surface area (Å²) in [5, 5.41) is 9.55. The summed E-state index contributed by atoms with van der Waals surface area (Å²) in [5.41, 5.74) is 1.08. The van der Waals surface area contributed by atoms with E-state index in [0.29, 0.717) is 5.92 Å². The van der Waals surface area contributed by atoms with Crippen LogP contribution >= 0.6 is 0 Å². The molecule has 4 nitrogen and oxygen atoms in total. The van der Waals surface area contributed by atoms with Gasteiger partial charge in [0.15, 0.2) is 0 Å². The van der Waals surface area contributed by atoms with Crippen LogP contribution in [0.5, 0.6) is 5.75 Å². The molecule has 3 unspecified atom stereocenters. The highest BCUT2D eigenvalue weighted by molar-refractivity contribution is 5.83. The number of carbonyl (C=O) groups excluding carboxylic acids is 1. The number of likely N-dealkylation sites (tertiary alicyclic amines) is 1. The first-order valence-corrected chi connectivity index (χ1v) is 7.75. The third-order valence-electron chi connectivity index (χ3n) is 4.64. The molecule has 1 N–H and O–H groups in total. The van der Waals surface area contributed by atoms with E-state index in [-0.39, 0.29) is 23.5 Å². The normalized spacial score (nSPS) is 28.4. The second kappa shape index (κ2) is 6.06. The Bertz CT molecular complexity index is 515. The molecule has 114 valence electrons. The van der Waals surface area contributed by atoms with Crippen LogP contribution in [0.4, 0.5) is 0 Å². The van der Waals surface area contributed by atoms with Crippen molar-refractivity contribution < 1.29 is 14.6 Å². The molecule has 3 atom stereocenters. The van der Waals surface area contributed by atoms with E-state index in [4.69, 9.17) is 4.74 Å². The van der Waals surface area contributed by atoms with E-state index in [1.54, 1.807) is 19.2 Å². The van der Waals surface area contributed by atoms with Gasteiger partial charge in [-0.3, -0.25) is 4.79 Å². The Morgan fingerprint density at radius 1 is 1.48 bits per heavy atom. The Kier molecular flexibility index (Phi) is 4.15. The molecule has 0 spiro atoms. The minimum absolute atomic E-state index is 0.105. The SMILES string of the molecule is COCC1CCCN(C(=O)C2CC2c2cccc(O)c2)C1. The monoisotopic (exact) mass is 289 g/mol. The zero-order valence-electron chi connectivity index (χ0n) is 12.5. The number of amides is 1. The molecule has 0 radical (unpaired) electrons. The van der Waals surface area contributed by atoms with Gasteiger partial charge < -0.3 is 14.7 Å². The molecule has 1 aromatic carbocycles. The molecular formula is C17H23NO3. The molecule has 21 heavy (non-hydrogen) atoms. The van der Waals surface area contributed by atoms with Crippen LogP contribution in [0.3, 0.4) is 0 Å².